The molecule has 2 amide bonds. The van der Waals surface area contributed by atoms with Crippen LogP contribution in [0, 0.1) is 18.7 Å². The van der Waals surface area contributed by atoms with Crippen LogP contribution in [0.25, 0.3) is 0 Å². The fourth-order valence-electron chi connectivity index (χ4n) is 3.65. The molecule has 0 aromatic heterocycles. The normalized spacial score (nSPS) is 23.9. The summed E-state index contributed by atoms with van der Waals surface area (Å²) in [7, 11) is 0. The van der Waals surface area contributed by atoms with Crippen LogP contribution in [0.5, 0.6) is 0 Å². The molecule has 1 aromatic carbocycles. The maximum absolute atomic E-state index is 13.6. The quantitative estimate of drug-likeness (QED) is 0.831. The number of piperidine rings is 1. The van der Waals surface area contributed by atoms with Gasteiger partial charge < -0.3 is 20.3 Å². The van der Waals surface area contributed by atoms with Crippen LogP contribution in [0.15, 0.2) is 18.2 Å². The highest BCUT2D eigenvalue weighted by Gasteiger charge is 2.34. The van der Waals surface area contributed by atoms with Crippen LogP contribution in [0.3, 0.4) is 0 Å². The molecular weight excluding hydrogens is 349 g/mol. The molecule has 2 N–H and O–H groups in total. The molecule has 7 heteroatoms. The molecular formula is C20H28FN3O3. The molecule has 2 heterocycles. The van der Waals surface area contributed by atoms with Crippen LogP contribution < -0.4 is 10.6 Å². The molecule has 2 aliphatic heterocycles. The molecule has 0 spiro atoms. The average Bonchev–Trinajstić information content (AvgIpc) is 2.68. The van der Waals surface area contributed by atoms with Crippen LogP contribution in [-0.2, 0) is 20.9 Å². The van der Waals surface area contributed by atoms with Crippen molar-refractivity contribution >= 4 is 11.8 Å². The minimum absolute atomic E-state index is 0.0319. The molecule has 2 fully saturated rings. The molecule has 0 unspecified atom stereocenters. The van der Waals surface area contributed by atoms with E-state index in [1.54, 1.807) is 13.0 Å². The molecule has 0 bridgehead atoms. The minimum atomic E-state index is -0.305. The van der Waals surface area contributed by atoms with Gasteiger partial charge >= 0.3 is 0 Å². The highest BCUT2D eigenvalue weighted by atomic mass is 19.1. The van der Waals surface area contributed by atoms with Gasteiger partial charge in [0.1, 0.15) is 11.9 Å². The SMILES string of the molecule is Cc1ccc(CNC(=O)C2CCN(C(=O)[C@H]3NCCO[C@@H]3C)CC2)cc1F. The van der Waals surface area contributed by atoms with Gasteiger partial charge in [-0.15, -0.1) is 0 Å². The number of carbonyl (C=O) groups is 2. The third-order valence-corrected chi connectivity index (χ3v) is 5.46. The van der Waals surface area contributed by atoms with Gasteiger partial charge in [-0.3, -0.25) is 9.59 Å². The first-order valence-corrected chi connectivity index (χ1v) is 9.62. The summed E-state index contributed by atoms with van der Waals surface area (Å²) >= 11 is 0. The Kier molecular flexibility index (Phi) is 6.44. The molecule has 148 valence electrons. The van der Waals surface area contributed by atoms with Gasteiger partial charge in [-0.2, -0.15) is 0 Å². The Hall–Kier alpha value is -1.99. The van der Waals surface area contributed by atoms with Crippen molar-refractivity contribution in [3.63, 3.8) is 0 Å². The van der Waals surface area contributed by atoms with E-state index in [0.29, 0.717) is 51.2 Å². The maximum atomic E-state index is 13.6. The second-order valence-corrected chi connectivity index (χ2v) is 7.41. The smallest absolute Gasteiger partial charge is 0.242 e. The van der Waals surface area contributed by atoms with Crippen LogP contribution in [0.4, 0.5) is 4.39 Å². The molecule has 27 heavy (non-hydrogen) atoms. The van der Waals surface area contributed by atoms with E-state index in [1.165, 1.54) is 6.07 Å². The molecule has 6 nitrogen and oxygen atoms in total. The number of nitrogens with one attached hydrogen (secondary N) is 2. The highest BCUT2D eigenvalue weighted by Crippen LogP contribution is 2.20. The zero-order chi connectivity index (χ0) is 19.4. The van der Waals surface area contributed by atoms with Gasteiger partial charge in [0, 0.05) is 32.1 Å². The summed E-state index contributed by atoms with van der Waals surface area (Å²) < 4.78 is 19.1. The van der Waals surface area contributed by atoms with Gasteiger partial charge in [0.25, 0.3) is 0 Å². The van der Waals surface area contributed by atoms with Gasteiger partial charge in [-0.25, -0.2) is 4.39 Å². The predicted octanol–water partition coefficient (Wildman–Crippen LogP) is 1.37. The molecule has 1 aromatic rings. The lowest BCUT2D eigenvalue weighted by Gasteiger charge is -2.37. The van der Waals surface area contributed by atoms with Gasteiger partial charge in [-0.1, -0.05) is 12.1 Å². The summed E-state index contributed by atoms with van der Waals surface area (Å²) in [4.78, 5) is 26.9. The van der Waals surface area contributed by atoms with Crippen molar-refractivity contribution in [3.05, 3.63) is 35.1 Å². The molecule has 2 saturated heterocycles. The number of hydrogen-bond acceptors (Lipinski definition) is 4. The maximum Gasteiger partial charge on any atom is 0.242 e. The van der Waals surface area contributed by atoms with Crippen molar-refractivity contribution in [1.82, 2.24) is 15.5 Å². The van der Waals surface area contributed by atoms with Gasteiger partial charge in [0.2, 0.25) is 11.8 Å². The monoisotopic (exact) mass is 377 g/mol. The second kappa shape index (κ2) is 8.80. The van der Waals surface area contributed by atoms with Gasteiger partial charge in [0.05, 0.1) is 12.7 Å². The number of amides is 2. The Morgan fingerprint density at radius 2 is 2.07 bits per heavy atom. The van der Waals surface area contributed by atoms with E-state index in [0.717, 1.165) is 5.56 Å². The van der Waals surface area contributed by atoms with E-state index in [1.807, 2.05) is 17.9 Å². The highest BCUT2D eigenvalue weighted by molar-refractivity contribution is 5.83. The van der Waals surface area contributed by atoms with E-state index in [-0.39, 0.29) is 35.7 Å². The van der Waals surface area contributed by atoms with E-state index < -0.39 is 0 Å². The van der Waals surface area contributed by atoms with Crippen molar-refractivity contribution in [2.24, 2.45) is 5.92 Å². The number of hydrogen-bond donors (Lipinski definition) is 2. The zero-order valence-corrected chi connectivity index (χ0v) is 16.0. The largest absolute Gasteiger partial charge is 0.375 e. The third-order valence-electron chi connectivity index (χ3n) is 5.46. The number of ether oxygens (including phenoxy) is 1. The van der Waals surface area contributed by atoms with E-state index in [4.69, 9.17) is 4.74 Å². The summed E-state index contributed by atoms with van der Waals surface area (Å²) in [5.74, 6) is -0.354. The number of nitrogens with zero attached hydrogens (tertiary/aromatic N) is 1. The molecule has 2 aliphatic rings. The van der Waals surface area contributed by atoms with Crippen LogP contribution in [0.2, 0.25) is 0 Å². The fraction of sp³-hybridized carbons (Fsp3) is 0.600. The molecule has 0 saturated carbocycles. The lowest BCUT2D eigenvalue weighted by Crippen LogP contribution is -2.57. The van der Waals surface area contributed by atoms with E-state index in [9.17, 15) is 14.0 Å². The Balaban J connectivity index is 1.46. The Labute approximate surface area is 159 Å². The molecule has 2 atom stereocenters. The number of benzene rings is 1. The number of carbonyl (C=O) groups excluding carboxylic acids is 2. The van der Waals surface area contributed by atoms with Crippen molar-refractivity contribution in [2.75, 3.05) is 26.2 Å². The van der Waals surface area contributed by atoms with Crippen LogP contribution >= 0.6 is 0 Å². The summed E-state index contributed by atoms with van der Waals surface area (Å²) in [6.45, 7) is 6.38. The number of rotatable bonds is 4. The average molecular weight is 377 g/mol. The Morgan fingerprint density at radius 1 is 1.33 bits per heavy atom. The van der Waals surface area contributed by atoms with Crippen LogP contribution in [0.1, 0.15) is 30.9 Å². The Bertz CT molecular complexity index is 689. The Morgan fingerprint density at radius 3 is 2.74 bits per heavy atom. The first kappa shape index (κ1) is 19.8. The van der Waals surface area contributed by atoms with Gasteiger partial charge in [0.15, 0.2) is 0 Å². The summed E-state index contributed by atoms with van der Waals surface area (Å²) in [5.41, 5.74) is 1.34. The van der Waals surface area contributed by atoms with E-state index in [2.05, 4.69) is 10.6 Å². The first-order chi connectivity index (χ1) is 13.0. The lowest BCUT2D eigenvalue weighted by atomic mass is 9.95. The van der Waals surface area contributed by atoms with Crippen molar-refractivity contribution in [1.29, 1.82) is 0 Å². The number of aryl methyl sites for hydroxylation is 1. The van der Waals surface area contributed by atoms with Gasteiger partial charge in [-0.05, 0) is 43.9 Å². The van der Waals surface area contributed by atoms with Crippen molar-refractivity contribution in [2.45, 2.75) is 45.4 Å². The lowest BCUT2D eigenvalue weighted by molar-refractivity contribution is -0.142. The molecule has 0 aliphatic carbocycles. The molecule has 3 rings (SSSR count). The summed E-state index contributed by atoms with van der Waals surface area (Å²) in [6, 6.07) is 4.68. The third kappa shape index (κ3) is 4.84. The number of halogens is 1. The minimum Gasteiger partial charge on any atom is -0.375 e. The summed E-state index contributed by atoms with van der Waals surface area (Å²) in [6.07, 6.45) is 1.14. The van der Waals surface area contributed by atoms with Crippen molar-refractivity contribution in [3.8, 4) is 0 Å². The first-order valence-electron chi connectivity index (χ1n) is 9.62. The van der Waals surface area contributed by atoms with E-state index >= 15 is 0 Å². The number of morpholine rings is 1. The topological polar surface area (TPSA) is 70.7 Å². The second-order valence-electron chi connectivity index (χ2n) is 7.41. The summed E-state index contributed by atoms with van der Waals surface area (Å²) in [5, 5.41) is 6.11. The standard InChI is InChI=1S/C20H28FN3O3/c1-13-3-4-15(11-17(13)21)12-23-19(25)16-5-8-24(9-6-16)20(26)18-14(2)27-10-7-22-18/h3-4,11,14,16,18,22H,5-10,12H2,1-2H3,(H,23,25)/t14-,18+/m1/s1. The zero-order valence-electron chi connectivity index (χ0n) is 16.0. The molecule has 0 radical (unpaired) electrons. The predicted molar refractivity (Wildman–Crippen MR) is 99.5 cm³/mol. The van der Waals surface area contributed by atoms with Crippen LogP contribution in [-0.4, -0.2) is 55.1 Å². The number of likely N-dealkylation sites (tertiary alicyclic amines) is 1. The fourth-order valence-corrected chi connectivity index (χ4v) is 3.65. The van der Waals surface area contributed by atoms with Crippen molar-refractivity contribution < 1.29 is 18.7 Å².